The highest BCUT2D eigenvalue weighted by Gasteiger charge is 2.16. The van der Waals surface area contributed by atoms with Gasteiger partial charge in [0.2, 0.25) is 0 Å². The maximum absolute atomic E-state index is 12.9. The first-order valence-corrected chi connectivity index (χ1v) is 8.24. The normalized spacial score (nSPS) is 11.0. The van der Waals surface area contributed by atoms with Crippen LogP contribution in [0.2, 0.25) is 0 Å². The van der Waals surface area contributed by atoms with Gasteiger partial charge in [-0.1, -0.05) is 47.6 Å². The lowest BCUT2D eigenvalue weighted by molar-refractivity contribution is 0.0732. The monoisotopic (exact) mass is 339 g/mol. The van der Waals surface area contributed by atoms with E-state index < -0.39 is 0 Å². The highest BCUT2D eigenvalue weighted by molar-refractivity contribution is 5.95. The zero-order valence-corrected chi connectivity index (χ0v) is 15.1. The summed E-state index contributed by atoms with van der Waals surface area (Å²) in [4.78, 5) is 21.6. The Morgan fingerprint density at radius 2 is 1.72 bits per heavy atom. The van der Waals surface area contributed by atoms with Crippen molar-refractivity contribution in [2.24, 2.45) is 5.16 Å². The van der Waals surface area contributed by atoms with Gasteiger partial charge >= 0.3 is 0 Å². The molecule has 0 atom stereocenters. The average Bonchev–Trinajstić information content (AvgIpc) is 2.64. The van der Waals surface area contributed by atoms with Crippen molar-refractivity contribution in [1.29, 1.82) is 0 Å². The second kappa shape index (κ2) is 9.59. The number of rotatable bonds is 8. The predicted molar refractivity (Wildman–Crippen MR) is 101 cm³/mol. The van der Waals surface area contributed by atoms with Gasteiger partial charge in [-0.05, 0) is 37.4 Å². The number of benzene rings is 2. The molecule has 0 unspecified atom stereocenters. The van der Waals surface area contributed by atoms with Crippen molar-refractivity contribution >= 4 is 12.1 Å². The Labute approximate surface area is 149 Å². The maximum atomic E-state index is 12.9. The number of hydrogen-bond donors (Lipinski definition) is 0. The fourth-order valence-electron chi connectivity index (χ4n) is 2.38. The van der Waals surface area contributed by atoms with Crippen LogP contribution in [0.5, 0.6) is 0 Å². The van der Waals surface area contributed by atoms with Crippen molar-refractivity contribution in [2.45, 2.75) is 6.54 Å². The molecule has 25 heavy (non-hydrogen) atoms. The first kappa shape index (κ1) is 18.7. The Hall–Kier alpha value is -2.66. The summed E-state index contributed by atoms with van der Waals surface area (Å²) in [5.41, 5.74) is 2.68. The standard InChI is InChI=1S/C20H25N3O2/c1-22(2)13-14-23(16-18-7-5-4-6-8-18)20(24)19-11-9-17(10-12-19)15-21-25-3/h4-12,15H,13-14,16H2,1-3H3/b21-15+. The third-order valence-electron chi connectivity index (χ3n) is 3.79. The fraction of sp³-hybridized carbons (Fsp3) is 0.300. The van der Waals surface area contributed by atoms with E-state index >= 15 is 0 Å². The SMILES string of the molecule is CO/N=C/c1ccc(C(=O)N(CCN(C)C)Cc2ccccc2)cc1. The van der Waals surface area contributed by atoms with Crippen LogP contribution in [-0.4, -0.2) is 56.2 Å². The second-order valence-corrected chi connectivity index (χ2v) is 6.05. The minimum atomic E-state index is 0.0286. The largest absolute Gasteiger partial charge is 0.399 e. The third kappa shape index (κ3) is 6.04. The molecule has 0 aliphatic carbocycles. The van der Waals surface area contributed by atoms with Crippen LogP contribution in [0.1, 0.15) is 21.5 Å². The summed E-state index contributed by atoms with van der Waals surface area (Å²) in [6.07, 6.45) is 1.61. The zero-order valence-electron chi connectivity index (χ0n) is 15.1. The minimum absolute atomic E-state index is 0.0286. The van der Waals surface area contributed by atoms with Crippen LogP contribution in [0.3, 0.4) is 0 Å². The molecular formula is C20H25N3O2. The molecule has 0 radical (unpaired) electrons. The predicted octanol–water partition coefficient (Wildman–Crippen LogP) is 2.87. The van der Waals surface area contributed by atoms with Crippen molar-refractivity contribution in [1.82, 2.24) is 9.80 Å². The van der Waals surface area contributed by atoms with Gasteiger partial charge in [-0.2, -0.15) is 0 Å². The van der Waals surface area contributed by atoms with Crippen molar-refractivity contribution < 1.29 is 9.63 Å². The van der Waals surface area contributed by atoms with Gasteiger partial charge in [0.15, 0.2) is 0 Å². The van der Waals surface area contributed by atoms with Gasteiger partial charge in [-0.15, -0.1) is 0 Å². The van der Waals surface area contributed by atoms with Gasteiger partial charge in [0.05, 0.1) is 6.21 Å². The lowest BCUT2D eigenvalue weighted by atomic mass is 10.1. The van der Waals surface area contributed by atoms with Crippen molar-refractivity contribution in [2.75, 3.05) is 34.3 Å². The first-order valence-electron chi connectivity index (χ1n) is 8.24. The number of hydrogen-bond acceptors (Lipinski definition) is 4. The molecule has 2 aromatic rings. The summed E-state index contributed by atoms with van der Waals surface area (Å²) >= 11 is 0. The summed E-state index contributed by atoms with van der Waals surface area (Å²) in [5.74, 6) is 0.0286. The van der Waals surface area contributed by atoms with E-state index in [1.807, 2.05) is 73.6 Å². The number of amides is 1. The summed E-state index contributed by atoms with van der Waals surface area (Å²) in [5, 5.41) is 3.73. The van der Waals surface area contributed by atoms with Gasteiger partial charge in [0.1, 0.15) is 7.11 Å². The topological polar surface area (TPSA) is 45.1 Å². The molecule has 0 aliphatic rings. The van der Waals surface area contributed by atoms with E-state index in [1.165, 1.54) is 7.11 Å². The van der Waals surface area contributed by atoms with Crippen LogP contribution in [0.25, 0.3) is 0 Å². The van der Waals surface area contributed by atoms with Crippen LogP contribution in [0.4, 0.5) is 0 Å². The lowest BCUT2D eigenvalue weighted by Gasteiger charge is -2.24. The molecule has 0 saturated carbocycles. The maximum Gasteiger partial charge on any atom is 0.254 e. The van der Waals surface area contributed by atoms with E-state index in [9.17, 15) is 4.79 Å². The number of likely N-dealkylation sites (N-methyl/N-ethyl adjacent to an activating group) is 1. The van der Waals surface area contributed by atoms with Gasteiger partial charge < -0.3 is 14.6 Å². The van der Waals surface area contributed by atoms with Crippen molar-refractivity contribution in [3.63, 3.8) is 0 Å². The second-order valence-electron chi connectivity index (χ2n) is 6.05. The van der Waals surface area contributed by atoms with E-state index in [-0.39, 0.29) is 5.91 Å². The Morgan fingerprint density at radius 1 is 1.04 bits per heavy atom. The first-order chi connectivity index (χ1) is 12.1. The molecule has 0 saturated heterocycles. The number of nitrogens with zero attached hydrogens (tertiary/aromatic N) is 3. The Kier molecular flexibility index (Phi) is 7.16. The smallest absolute Gasteiger partial charge is 0.254 e. The summed E-state index contributed by atoms with van der Waals surface area (Å²) in [6, 6.07) is 17.4. The molecule has 0 aliphatic heterocycles. The molecule has 0 heterocycles. The molecular weight excluding hydrogens is 314 g/mol. The Bertz CT molecular complexity index is 682. The molecule has 1 amide bonds. The van der Waals surface area contributed by atoms with E-state index in [0.29, 0.717) is 18.7 Å². The molecule has 5 heteroatoms. The minimum Gasteiger partial charge on any atom is -0.399 e. The molecule has 0 fully saturated rings. The van der Waals surface area contributed by atoms with Crippen LogP contribution in [-0.2, 0) is 11.4 Å². The zero-order chi connectivity index (χ0) is 18.1. The van der Waals surface area contributed by atoms with E-state index in [4.69, 9.17) is 0 Å². The van der Waals surface area contributed by atoms with E-state index in [2.05, 4.69) is 14.9 Å². The third-order valence-corrected chi connectivity index (χ3v) is 3.79. The molecule has 0 N–H and O–H groups in total. The molecule has 0 aromatic heterocycles. The Balaban J connectivity index is 2.14. The number of carbonyl (C=O) groups is 1. The molecule has 0 bridgehead atoms. The summed E-state index contributed by atoms with van der Waals surface area (Å²) in [6.45, 7) is 2.09. The lowest BCUT2D eigenvalue weighted by Crippen LogP contribution is -2.36. The number of carbonyl (C=O) groups excluding carboxylic acids is 1. The van der Waals surface area contributed by atoms with E-state index in [0.717, 1.165) is 17.7 Å². The van der Waals surface area contributed by atoms with E-state index in [1.54, 1.807) is 6.21 Å². The summed E-state index contributed by atoms with van der Waals surface area (Å²) < 4.78 is 0. The molecule has 2 rings (SSSR count). The quantitative estimate of drug-likeness (QED) is 0.549. The van der Waals surface area contributed by atoms with Crippen LogP contribution < -0.4 is 0 Å². The summed E-state index contributed by atoms with van der Waals surface area (Å²) in [7, 11) is 5.52. The highest BCUT2D eigenvalue weighted by atomic mass is 16.6. The Morgan fingerprint density at radius 3 is 2.32 bits per heavy atom. The fourth-order valence-corrected chi connectivity index (χ4v) is 2.38. The van der Waals surface area contributed by atoms with Crippen LogP contribution in [0, 0.1) is 0 Å². The molecule has 0 spiro atoms. The van der Waals surface area contributed by atoms with Gasteiger partial charge in [-0.25, -0.2) is 0 Å². The van der Waals surface area contributed by atoms with Crippen LogP contribution >= 0.6 is 0 Å². The average molecular weight is 339 g/mol. The van der Waals surface area contributed by atoms with Gasteiger partial charge in [0, 0.05) is 25.2 Å². The number of oxime groups is 1. The van der Waals surface area contributed by atoms with Gasteiger partial charge in [0.25, 0.3) is 5.91 Å². The molecule has 5 nitrogen and oxygen atoms in total. The highest BCUT2D eigenvalue weighted by Crippen LogP contribution is 2.11. The van der Waals surface area contributed by atoms with Gasteiger partial charge in [-0.3, -0.25) is 4.79 Å². The molecule has 2 aromatic carbocycles. The van der Waals surface area contributed by atoms with Crippen molar-refractivity contribution in [3.05, 3.63) is 71.3 Å². The van der Waals surface area contributed by atoms with Crippen LogP contribution in [0.15, 0.2) is 59.8 Å². The van der Waals surface area contributed by atoms with Crippen molar-refractivity contribution in [3.8, 4) is 0 Å². The molecule has 132 valence electrons.